The zero-order valence-corrected chi connectivity index (χ0v) is 38.1. The minimum atomic E-state index is -6.13. The van der Waals surface area contributed by atoms with Crippen LogP contribution in [-0.4, -0.2) is 16.9 Å². The summed E-state index contributed by atoms with van der Waals surface area (Å²) >= 11 is 0. The summed E-state index contributed by atoms with van der Waals surface area (Å²) < 4.78 is 343. The van der Waals surface area contributed by atoms with Crippen molar-refractivity contribution in [1.82, 2.24) is 4.98 Å². The predicted octanol–water partition coefficient (Wildman–Crippen LogP) is 14.1. The van der Waals surface area contributed by atoms with E-state index >= 15 is 0 Å². The van der Waals surface area contributed by atoms with Gasteiger partial charge in [0.1, 0.15) is 6.15 Å². The number of carbonyl (C=O) groups is 1. The second-order valence-corrected chi connectivity index (χ2v) is 17.6. The molecule has 0 radical (unpaired) electrons. The molecule has 1 aliphatic carbocycles. The molecule has 28 heteroatoms. The monoisotopic (exact) mass is 1130 g/mol. The SMILES string of the molecule is FC(F)(F)c1cc([B-](c2cc(C(F)(F)F)cc(C(F)(F)F)c2)(c2cc(C(F)(F)F)cc(C(F)(F)F)c2)c2cc(C(F)(F)F)cc(C(F)(F)F)c2)cc(C(F)(F)F)c1.O=C(C[n+]1ccncc1C1CCCC1)c1ccccc1. The van der Waals surface area contributed by atoms with E-state index in [1.54, 1.807) is 6.20 Å². The van der Waals surface area contributed by atoms with E-state index in [1.807, 2.05) is 42.7 Å². The molecule has 0 bridgehead atoms. The first-order valence-corrected chi connectivity index (χ1v) is 21.9. The second kappa shape index (κ2) is 20.9. The van der Waals surface area contributed by atoms with Gasteiger partial charge in [0, 0.05) is 11.5 Å². The van der Waals surface area contributed by atoms with Crippen molar-refractivity contribution in [3.8, 4) is 0 Å². The van der Waals surface area contributed by atoms with E-state index < -0.39 is 195 Å². The van der Waals surface area contributed by atoms with Crippen LogP contribution >= 0.6 is 0 Å². The Balaban J connectivity index is 0.000000397. The summed E-state index contributed by atoms with van der Waals surface area (Å²) in [5.74, 6) is 0.716. The molecule has 3 nitrogen and oxygen atoms in total. The van der Waals surface area contributed by atoms with Gasteiger partial charge in [0.05, 0.1) is 56.9 Å². The van der Waals surface area contributed by atoms with Gasteiger partial charge in [-0.2, -0.15) is 132 Å². The summed E-state index contributed by atoms with van der Waals surface area (Å²) in [5, 5.41) is 0. The van der Waals surface area contributed by atoms with E-state index in [4.69, 9.17) is 0 Å². The molecule has 1 heterocycles. The van der Waals surface area contributed by atoms with Gasteiger partial charge in [-0.3, -0.25) is 9.78 Å². The Morgan fingerprint density at radius 3 is 0.961 bits per heavy atom. The van der Waals surface area contributed by atoms with E-state index in [-0.39, 0.29) is 5.78 Å². The lowest BCUT2D eigenvalue weighted by molar-refractivity contribution is -0.692. The summed E-state index contributed by atoms with van der Waals surface area (Å²) in [6.07, 6.45) is -44.2. The van der Waals surface area contributed by atoms with E-state index in [1.165, 1.54) is 31.4 Å². The number of benzene rings is 5. The topological polar surface area (TPSA) is 33.8 Å². The van der Waals surface area contributed by atoms with Crippen LogP contribution in [0.4, 0.5) is 105 Å². The lowest BCUT2D eigenvalue weighted by Gasteiger charge is -2.46. The maximum absolute atomic E-state index is 14.2. The molecule has 0 spiro atoms. The molecule has 0 aliphatic heterocycles. The van der Waals surface area contributed by atoms with Crippen LogP contribution in [0.5, 0.6) is 0 Å². The van der Waals surface area contributed by atoms with Crippen LogP contribution in [0.15, 0.2) is 122 Å². The zero-order chi connectivity index (χ0) is 57.7. The third kappa shape index (κ3) is 13.7. The Labute approximate surface area is 418 Å². The van der Waals surface area contributed by atoms with Crippen LogP contribution in [0.25, 0.3) is 0 Å². The number of halogens is 24. The smallest absolute Gasteiger partial charge is 0.287 e. The molecule has 0 N–H and O–H groups in total. The van der Waals surface area contributed by atoms with Crippen molar-refractivity contribution in [3.05, 3.63) is 177 Å². The average Bonchev–Trinajstić information content (AvgIpc) is 3.85. The van der Waals surface area contributed by atoms with Crippen LogP contribution in [0.3, 0.4) is 0 Å². The highest BCUT2D eigenvalue weighted by molar-refractivity contribution is 7.20. The Hall–Kier alpha value is -6.77. The van der Waals surface area contributed by atoms with Gasteiger partial charge in [-0.05, 0) is 37.1 Å². The summed E-state index contributed by atoms with van der Waals surface area (Å²) in [7, 11) is 0. The molecule has 1 saturated carbocycles. The molecule has 1 fully saturated rings. The number of alkyl halides is 24. The molecule has 6 aromatic rings. The standard InChI is InChI=1S/C32H12BF24.C17H19N2O/c34-25(35,36)13-1-14(26(37,38)39)6-21(5-13)33(22-7-15(27(40,41)42)2-16(8-22)28(43,44)45,23-9-17(29(46,47)48)3-18(10-23)30(49,50)51)24-11-19(31(52,53)54)4-20(12-24)32(55,56)57;20-17(15-8-2-1-3-9-15)13-19-11-10-18-12-16(19)14-6-4-5-7-14/h1-12H;1-3,8-12,14H,4-7,13H2/q-1;+1. The van der Waals surface area contributed by atoms with E-state index in [0.29, 0.717) is 12.5 Å². The molecule has 1 aromatic heterocycles. The minimum Gasteiger partial charge on any atom is -0.287 e. The highest BCUT2D eigenvalue weighted by Crippen LogP contribution is 2.42. The van der Waals surface area contributed by atoms with Crippen molar-refractivity contribution >= 4 is 33.8 Å². The number of ketones is 1. The number of carbonyl (C=O) groups excluding carboxylic acids is 1. The lowest BCUT2D eigenvalue weighted by atomic mass is 9.12. The molecule has 5 aromatic carbocycles. The molecule has 414 valence electrons. The van der Waals surface area contributed by atoms with Gasteiger partial charge in [-0.1, -0.05) is 91.7 Å². The molecule has 0 amide bonds. The quantitative estimate of drug-likeness (QED) is 0.0659. The average molecular weight is 1130 g/mol. The van der Waals surface area contributed by atoms with Gasteiger partial charge in [0.15, 0.2) is 6.20 Å². The normalized spacial score (nSPS) is 14.6. The van der Waals surface area contributed by atoms with Gasteiger partial charge in [0.2, 0.25) is 18.0 Å². The molecule has 0 unspecified atom stereocenters. The summed E-state index contributed by atoms with van der Waals surface area (Å²) in [6, 6.07) is 0.679. The minimum absolute atomic E-state index is 0.154. The molecular weight excluding hydrogens is 1100 g/mol. The fourth-order valence-electron chi connectivity index (χ4n) is 9.04. The van der Waals surface area contributed by atoms with Crippen molar-refractivity contribution in [2.75, 3.05) is 0 Å². The highest BCUT2D eigenvalue weighted by Gasteiger charge is 2.47. The van der Waals surface area contributed by atoms with Crippen molar-refractivity contribution in [2.24, 2.45) is 0 Å². The Morgan fingerprint density at radius 2 is 0.701 bits per heavy atom. The number of nitrogens with zero attached hydrogens (tertiary/aromatic N) is 2. The van der Waals surface area contributed by atoms with Crippen LogP contribution in [-0.2, 0) is 56.0 Å². The highest BCUT2D eigenvalue weighted by atomic mass is 19.4. The summed E-state index contributed by atoms with van der Waals surface area (Å²) in [5.41, 5.74) is -28.2. The number of aromatic nitrogens is 2. The molecule has 77 heavy (non-hydrogen) atoms. The second-order valence-electron chi connectivity index (χ2n) is 17.6. The van der Waals surface area contributed by atoms with E-state index in [2.05, 4.69) is 9.55 Å². The number of Topliss-reactive ketones (excluding diaryl/α,β-unsaturated/α-hetero) is 1. The first-order chi connectivity index (χ1) is 35.1. The van der Waals surface area contributed by atoms with Crippen molar-refractivity contribution in [1.29, 1.82) is 0 Å². The largest absolute Gasteiger partial charge is 0.416 e. The summed E-state index contributed by atoms with van der Waals surface area (Å²) in [4.78, 5) is 16.6. The van der Waals surface area contributed by atoms with Crippen molar-refractivity contribution in [3.63, 3.8) is 0 Å². The fourth-order valence-corrected chi connectivity index (χ4v) is 9.04. The molecule has 0 atom stereocenters. The maximum atomic E-state index is 14.2. The molecular formula is C49H31BF24N2O. The van der Waals surface area contributed by atoms with Crippen molar-refractivity contribution in [2.45, 2.75) is 87.6 Å². The maximum Gasteiger partial charge on any atom is 0.416 e. The number of rotatable bonds is 8. The fraction of sp³-hybridized carbons (Fsp3) is 0.286. The molecule has 0 saturated heterocycles. The van der Waals surface area contributed by atoms with Gasteiger partial charge in [0.25, 0.3) is 0 Å². The Bertz CT molecular complexity index is 2650. The lowest BCUT2D eigenvalue weighted by Crippen LogP contribution is -2.75. The van der Waals surface area contributed by atoms with Gasteiger partial charge < -0.3 is 0 Å². The Morgan fingerprint density at radius 1 is 0.429 bits per heavy atom. The zero-order valence-electron chi connectivity index (χ0n) is 38.1. The first kappa shape index (κ1) is 59.5. The van der Waals surface area contributed by atoms with E-state index in [9.17, 15) is 110 Å². The van der Waals surface area contributed by atoms with Crippen LogP contribution in [0.2, 0.25) is 0 Å². The van der Waals surface area contributed by atoms with Crippen LogP contribution in [0.1, 0.15) is 92.2 Å². The summed E-state index contributed by atoms with van der Waals surface area (Å²) in [6.45, 7) is 0.401. The number of hydrogen-bond acceptors (Lipinski definition) is 2. The molecule has 1 aliphatic rings. The van der Waals surface area contributed by atoms with Crippen LogP contribution < -0.4 is 26.4 Å². The Kier molecular flexibility index (Phi) is 16.1. The van der Waals surface area contributed by atoms with Gasteiger partial charge in [-0.15, -0.1) is 0 Å². The number of hydrogen-bond donors (Lipinski definition) is 0. The van der Waals surface area contributed by atoms with Crippen LogP contribution in [0, 0.1) is 0 Å². The van der Waals surface area contributed by atoms with Gasteiger partial charge in [-0.25, -0.2) is 0 Å². The van der Waals surface area contributed by atoms with Crippen molar-refractivity contribution < 1.29 is 115 Å². The third-order valence-corrected chi connectivity index (χ3v) is 12.5. The van der Waals surface area contributed by atoms with E-state index in [0.717, 1.165) is 5.56 Å². The predicted molar refractivity (Wildman–Crippen MR) is 226 cm³/mol. The third-order valence-electron chi connectivity index (χ3n) is 12.5. The first-order valence-electron chi connectivity index (χ1n) is 21.9. The molecule has 7 rings (SSSR count). The van der Waals surface area contributed by atoms with Gasteiger partial charge >= 0.3 is 49.4 Å².